The highest BCUT2D eigenvalue weighted by molar-refractivity contribution is 7.89. The molecular weight excluding hydrogens is 567 g/mol. The molecule has 3 aromatic carbocycles. The van der Waals surface area contributed by atoms with Crippen molar-refractivity contribution in [2.45, 2.75) is 18.2 Å². The van der Waals surface area contributed by atoms with Crippen LogP contribution in [0.3, 0.4) is 0 Å². The number of anilines is 1. The Hall–Kier alpha value is -3.77. The third-order valence-corrected chi connectivity index (χ3v) is 10.8. The van der Waals surface area contributed by atoms with Gasteiger partial charge in [-0.3, -0.25) is 4.79 Å². The molecule has 1 amide bonds. The zero-order valence-electron chi connectivity index (χ0n) is 21.9. The van der Waals surface area contributed by atoms with Gasteiger partial charge in [-0.15, -0.1) is 22.7 Å². The Morgan fingerprint density at radius 3 is 2.50 bits per heavy atom. The Balaban J connectivity index is 1.36. The second-order valence-corrected chi connectivity index (χ2v) is 13.8. The first kappa shape index (κ1) is 26.5. The van der Waals surface area contributed by atoms with Crippen molar-refractivity contribution in [3.63, 3.8) is 0 Å². The Bertz CT molecular complexity index is 1820. The van der Waals surface area contributed by atoms with Crippen LogP contribution in [0.4, 0.5) is 5.00 Å². The van der Waals surface area contributed by atoms with Crippen molar-refractivity contribution in [2.24, 2.45) is 0 Å². The van der Waals surface area contributed by atoms with Gasteiger partial charge in [0.15, 0.2) is 11.5 Å². The van der Waals surface area contributed by atoms with Gasteiger partial charge in [0.05, 0.1) is 15.1 Å². The molecule has 40 heavy (non-hydrogen) atoms. The van der Waals surface area contributed by atoms with Crippen LogP contribution in [0.1, 0.15) is 26.4 Å². The van der Waals surface area contributed by atoms with Gasteiger partial charge >= 0.3 is 0 Å². The summed E-state index contributed by atoms with van der Waals surface area (Å²) in [5.41, 5.74) is 4.27. The molecule has 0 atom stereocenters. The van der Waals surface area contributed by atoms with Gasteiger partial charge < -0.3 is 14.8 Å². The van der Waals surface area contributed by atoms with Crippen LogP contribution in [0.15, 0.2) is 71.6 Å². The van der Waals surface area contributed by atoms with Gasteiger partial charge in [-0.05, 0) is 66.6 Å². The number of nitrogens with one attached hydrogen (secondary N) is 1. The van der Waals surface area contributed by atoms with E-state index in [1.165, 1.54) is 49.7 Å². The summed E-state index contributed by atoms with van der Waals surface area (Å²) < 4.78 is 38.1. The predicted molar refractivity (Wildman–Crippen MR) is 158 cm³/mol. The van der Waals surface area contributed by atoms with Crippen LogP contribution in [-0.2, 0) is 16.4 Å². The van der Waals surface area contributed by atoms with E-state index in [0.29, 0.717) is 17.0 Å². The van der Waals surface area contributed by atoms with Crippen LogP contribution in [0.25, 0.3) is 20.8 Å². The van der Waals surface area contributed by atoms with E-state index in [1.54, 1.807) is 11.3 Å². The van der Waals surface area contributed by atoms with Crippen molar-refractivity contribution in [3.8, 4) is 22.1 Å². The van der Waals surface area contributed by atoms with Crippen LogP contribution in [0.2, 0.25) is 0 Å². The molecule has 1 N–H and O–H groups in total. The minimum atomic E-state index is -3.59. The lowest BCUT2D eigenvalue weighted by molar-refractivity contribution is 0.102. The highest BCUT2D eigenvalue weighted by Gasteiger charge is 2.23. The third kappa shape index (κ3) is 4.86. The van der Waals surface area contributed by atoms with Crippen molar-refractivity contribution >= 4 is 53.8 Å². The Morgan fingerprint density at radius 2 is 1.75 bits per heavy atom. The molecule has 1 aliphatic heterocycles. The first-order chi connectivity index (χ1) is 19.2. The Morgan fingerprint density at radius 1 is 1.00 bits per heavy atom. The van der Waals surface area contributed by atoms with Gasteiger partial charge in [0, 0.05) is 36.5 Å². The topological polar surface area (TPSA) is 97.8 Å². The molecule has 1 aliphatic rings. The summed E-state index contributed by atoms with van der Waals surface area (Å²) in [5.74, 6) is 1.14. The van der Waals surface area contributed by atoms with Gasteiger partial charge in [-0.2, -0.15) is 0 Å². The van der Waals surface area contributed by atoms with Gasteiger partial charge in [0.2, 0.25) is 16.8 Å². The molecule has 0 aliphatic carbocycles. The summed E-state index contributed by atoms with van der Waals surface area (Å²) in [4.78, 5) is 19.5. The molecule has 8 nitrogen and oxygen atoms in total. The fourth-order valence-electron chi connectivity index (χ4n) is 4.45. The first-order valence-corrected chi connectivity index (χ1v) is 15.5. The molecular formula is C29H25N3O5S3. The summed E-state index contributed by atoms with van der Waals surface area (Å²) in [7, 11) is -0.646. The van der Waals surface area contributed by atoms with E-state index >= 15 is 0 Å². The highest BCUT2D eigenvalue weighted by atomic mass is 32.2. The maximum Gasteiger partial charge on any atom is 0.256 e. The van der Waals surface area contributed by atoms with Gasteiger partial charge in [-0.25, -0.2) is 17.7 Å². The number of para-hydroxylation sites is 1. The molecule has 0 saturated carbocycles. The summed E-state index contributed by atoms with van der Waals surface area (Å²) in [6.45, 7) is 2.27. The van der Waals surface area contributed by atoms with Crippen molar-refractivity contribution < 1.29 is 22.7 Å². The lowest BCUT2D eigenvalue weighted by Crippen LogP contribution is -2.22. The van der Waals surface area contributed by atoms with E-state index in [0.717, 1.165) is 52.6 Å². The minimum Gasteiger partial charge on any atom is -0.454 e. The molecule has 0 saturated heterocycles. The number of carbonyl (C=O) groups excluding carboxylic acids is 1. The summed E-state index contributed by atoms with van der Waals surface area (Å²) in [6.07, 6.45) is 0.651. The van der Waals surface area contributed by atoms with E-state index in [4.69, 9.17) is 14.5 Å². The number of benzene rings is 3. The SMILES string of the molecule is Cc1c(Cc2ccc3c(c2)OCO3)sc(NC(=O)c2ccc(S(=O)(=O)N(C)C)cc2)c1-c1nc2ccccc2s1. The van der Waals surface area contributed by atoms with E-state index in [2.05, 4.69) is 12.2 Å². The minimum absolute atomic E-state index is 0.127. The lowest BCUT2D eigenvalue weighted by Gasteiger charge is -2.11. The molecule has 204 valence electrons. The monoisotopic (exact) mass is 591 g/mol. The molecule has 2 aromatic heterocycles. The molecule has 6 rings (SSSR count). The lowest BCUT2D eigenvalue weighted by atomic mass is 10.1. The molecule has 0 bridgehead atoms. The van der Waals surface area contributed by atoms with E-state index in [9.17, 15) is 13.2 Å². The Labute approximate surface area is 239 Å². The number of hydrogen-bond donors (Lipinski definition) is 1. The van der Waals surface area contributed by atoms with Gasteiger partial charge in [0.25, 0.3) is 5.91 Å². The predicted octanol–water partition coefficient (Wildman–Crippen LogP) is 6.16. The number of sulfonamides is 1. The molecule has 0 fully saturated rings. The quantitative estimate of drug-likeness (QED) is 0.244. The fourth-order valence-corrected chi connectivity index (χ4v) is 7.73. The maximum absolute atomic E-state index is 13.4. The van der Waals surface area contributed by atoms with E-state index in [-0.39, 0.29) is 17.6 Å². The number of thiophene rings is 1. The van der Waals surface area contributed by atoms with Gasteiger partial charge in [0.1, 0.15) is 10.0 Å². The average Bonchev–Trinajstić information content (AvgIpc) is 3.65. The number of ether oxygens (including phenoxy) is 2. The number of rotatable bonds is 7. The highest BCUT2D eigenvalue weighted by Crippen LogP contribution is 2.44. The zero-order valence-corrected chi connectivity index (χ0v) is 24.4. The zero-order chi connectivity index (χ0) is 28.0. The van der Waals surface area contributed by atoms with Gasteiger partial charge in [-0.1, -0.05) is 18.2 Å². The molecule has 0 radical (unpaired) electrons. The molecule has 0 spiro atoms. The smallest absolute Gasteiger partial charge is 0.256 e. The summed E-state index contributed by atoms with van der Waals surface area (Å²) in [6, 6.07) is 19.8. The third-order valence-electron chi connectivity index (χ3n) is 6.68. The van der Waals surface area contributed by atoms with Crippen molar-refractivity contribution in [2.75, 3.05) is 26.2 Å². The molecule has 0 unspecified atom stereocenters. The van der Waals surface area contributed by atoms with Crippen molar-refractivity contribution in [1.82, 2.24) is 9.29 Å². The number of aromatic nitrogens is 1. The number of carbonyl (C=O) groups is 1. The van der Waals surface area contributed by atoms with Crippen LogP contribution in [0, 0.1) is 6.92 Å². The fraction of sp³-hybridized carbons (Fsp3) is 0.172. The molecule has 3 heterocycles. The van der Waals surface area contributed by atoms with Crippen molar-refractivity contribution in [3.05, 3.63) is 88.3 Å². The number of fused-ring (bicyclic) bond motifs is 2. The molecule has 5 aromatic rings. The summed E-state index contributed by atoms with van der Waals surface area (Å²) >= 11 is 3.09. The average molecular weight is 592 g/mol. The number of nitrogens with zero attached hydrogens (tertiary/aromatic N) is 2. The normalized spacial score (nSPS) is 12.8. The van der Waals surface area contributed by atoms with Crippen molar-refractivity contribution in [1.29, 1.82) is 0 Å². The van der Waals surface area contributed by atoms with Crippen LogP contribution < -0.4 is 14.8 Å². The number of thiazole rings is 1. The van der Waals surface area contributed by atoms with E-state index in [1.807, 2.05) is 42.5 Å². The number of hydrogen-bond acceptors (Lipinski definition) is 8. The Kier molecular flexibility index (Phi) is 6.83. The van der Waals surface area contributed by atoms with Crippen LogP contribution in [0.5, 0.6) is 11.5 Å². The van der Waals surface area contributed by atoms with E-state index < -0.39 is 10.0 Å². The van der Waals surface area contributed by atoms with Crippen LogP contribution >= 0.6 is 22.7 Å². The second kappa shape index (κ2) is 10.3. The standard InChI is InChI=1S/C29H25N3O5S3/c1-17-25(15-18-8-13-22-23(14-18)37-16-36-22)39-29(26(17)28-30-21-6-4-5-7-24(21)38-28)31-27(33)19-9-11-20(12-10-19)40(34,35)32(2)3/h4-14H,15-16H2,1-3H3,(H,31,33). The maximum atomic E-state index is 13.4. The van der Waals surface area contributed by atoms with Crippen LogP contribution in [-0.4, -0.2) is 44.5 Å². The largest absolute Gasteiger partial charge is 0.454 e. The number of amides is 1. The molecule has 11 heteroatoms. The second-order valence-electron chi connectivity index (χ2n) is 9.47. The summed E-state index contributed by atoms with van der Waals surface area (Å²) in [5, 5.41) is 4.61. The first-order valence-electron chi connectivity index (χ1n) is 12.4.